The molecule has 5 nitrogen and oxygen atoms in total. The van der Waals surface area contributed by atoms with Gasteiger partial charge in [0.15, 0.2) is 11.5 Å². The van der Waals surface area contributed by atoms with Crippen LogP contribution in [0.4, 0.5) is 0 Å². The zero-order chi connectivity index (χ0) is 15.4. The molecule has 2 aromatic rings. The Hall–Kier alpha value is -2.14. The highest BCUT2D eigenvalue weighted by molar-refractivity contribution is 6.32. The van der Waals surface area contributed by atoms with E-state index in [4.69, 9.17) is 25.5 Å². The van der Waals surface area contributed by atoms with E-state index in [1.165, 1.54) is 19.1 Å². The summed E-state index contributed by atoms with van der Waals surface area (Å²) in [5.41, 5.74) is 0.423. The number of hydrogen-bond donors (Lipinski definition) is 0. The molecule has 0 saturated heterocycles. The van der Waals surface area contributed by atoms with Crippen LogP contribution in [0.2, 0.25) is 5.02 Å². The van der Waals surface area contributed by atoms with Gasteiger partial charge in [-0.1, -0.05) is 11.6 Å². The van der Waals surface area contributed by atoms with E-state index in [0.717, 1.165) is 0 Å². The van der Waals surface area contributed by atoms with Crippen LogP contribution in [0, 0.1) is 0 Å². The van der Waals surface area contributed by atoms with Gasteiger partial charge in [-0.3, -0.25) is 4.79 Å². The first-order valence-electron chi connectivity index (χ1n) is 6.26. The third kappa shape index (κ3) is 3.31. The summed E-state index contributed by atoms with van der Waals surface area (Å²) in [7, 11) is 4.68. The third-order valence-corrected chi connectivity index (χ3v) is 3.28. The number of nitrogens with zero attached hydrogens (tertiary/aromatic N) is 1. The van der Waals surface area contributed by atoms with Gasteiger partial charge in [0.1, 0.15) is 5.76 Å². The molecule has 6 heteroatoms. The highest BCUT2D eigenvalue weighted by Crippen LogP contribution is 2.36. The topological polar surface area (TPSA) is 51.9 Å². The van der Waals surface area contributed by atoms with Crippen LogP contribution < -0.4 is 9.47 Å². The molecule has 0 N–H and O–H groups in total. The van der Waals surface area contributed by atoms with Crippen LogP contribution in [0.5, 0.6) is 11.5 Å². The molecular weight excluding hydrogens is 294 g/mol. The average molecular weight is 310 g/mol. The third-order valence-electron chi connectivity index (χ3n) is 3.00. The van der Waals surface area contributed by atoms with Crippen molar-refractivity contribution in [2.45, 2.75) is 6.54 Å². The fourth-order valence-electron chi connectivity index (χ4n) is 1.97. The van der Waals surface area contributed by atoms with E-state index in [-0.39, 0.29) is 5.91 Å². The fraction of sp³-hybridized carbons (Fsp3) is 0.267. The molecule has 0 saturated carbocycles. The molecule has 2 rings (SSSR count). The van der Waals surface area contributed by atoms with Gasteiger partial charge in [0.2, 0.25) is 0 Å². The predicted molar refractivity (Wildman–Crippen MR) is 79.1 cm³/mol. The van der Waals surface area contributed by atoms with Crippen LogP contribution in [0.15, 0.2) is 34.9 Å². The molecule has 0 radical (unpaired) electrons. The van der Waals surface area contributed by atoms with E-state index in [0.29, 0.717) is 34.4 Å². The van der Waals surface area contributed by atoms with E-state index >= 15 is 0 Å². The van der Waals surface area contributed by atoms with Crippen LogP contribution in [-0.4, -0.2) is 32.1 Å². The Morgan fingerprint density at radius 2 is 2.10 bits per heavy atom. The Labute approximate surface area is 128 Å². The number of benzene rings is 1. The lowest BCUT2D eigenvalue weighted by Crippen LogP contribution is -2.26. The predicted octanol–water partition coefficient (Wildman–Crippen LogP) is 3.22. The van der Waals surface area contributed by atoms with Crippen molar-refractivity contribution in [3.8, 4) is 11.5 Å². The second kappa shape index (κ2) is 6.54. The second-order valence-corrected chi connectivity index (χ2v) is 4.84. The summed E-state index contributed by atoms with van der Waals surface area (Å²) in [4.78, 5) is 14.0. The molecule has 1 aromatic carbocycles. The summed E-state index contributed by atoms with van der Waals surface area (Å²) >= 11 is 6.11. The van der Waals surface area contributed by atoms with Gasteiger partial charge in [0, 0.05) is 12.6 Å². The number of hydrogen-bond acceptors (Lipinski definition) is 4. The van der Waals surface area contributed by atoms with Crippen molar-refractivity contribution in [2.75, 3.05) is 21.3 Å². The Kier molecular flexibility index (Phi) is 4.75. The van der Waals surface area contributed by atoms with Crippen molar-refractivity contribution < 1.29 is 18.7 Å². The summed E-state index contributed by atoms with van der Waals surface area (Å²) in [6.07, 6.45) is 1.57. The van der Waals surface area contributed by atoms with Gasteiger partial charge in [0.25, 0.3) is 5.91 Å². The summed E-state index contributed by atoms with van der Waals surface area (Å²) in [6, 6.07) is 6.75. The fourth-order valence-corrected chi connectivity index (χ4v) is 2.26. The minimum atomic E-state index is -0.186. The Morgan fingerprint density at radius 3 is 2.67 bits per heavy atom. The van der Waals surface area contributed by atoms with Gasteiger partial charge >= 0.3 is 0 Å². The molecule has 1 aromatic heterocycles. The zero-order valence-corrected chi connectivity index (χ0v) is 12.8. The van der Waals surface area contributed by atoms with Gasteiger partial charge < -0.3 is 18.8 Å². The number of amides is 1. The molecule has 0 aliphatic rings. The van der Waals surface area contributed by atoms with Crippen molar-refractivity contribution in [2.24, 2.45) is 0 Å². The smallest absolute Gasteiger partial charge is 0.254 e. The summed E-state index contributed by atoms with van der Waals surface area (Å²) in [5, 5.41) is 0.326. The average Bonchev–Trinajstić information content (AvgIpc) is 2.98. The van der Waals surface area contributed by atoms with E-state index < -0.39 is 0 Å². The van der Waals surface area contributed by atoms with Gasteiger partial charge in [-0.15, -0.1) is 0 Å². The number of rotatable bonds is 5. The molecule has 1 heterocycles. The maximum absolute atomic E-state index is 12.4. The second-order valence-electron chi connectivity index (χ2n) is 4.43. The molecule has 0 unspecified atom stereocenters. The molecule has 0 fully saturated rings. The zero-order valence-electron chi connectivity index (χ0n) is 12.1. The number of methoxy groups -OCH3 is 2. The molecule has 1 amide bonds. The number of carbonyl (C=O) groups excluding carboxylic acids is 1. The number of furan rings is 1. The minimum Gasteiger partial charge on any atom is -0.493 e. The Morgan fingerprint density at radius 1 is 1.33 bits per heavy atom. The SMILES string of the molecule is COc1cc(C(=O)N(C)Cc2ccco2)cc(Cl)c1OC. The molecule has 0 aliphatic carbocycles. The lowest BCUT2D eigenvalue weighted by Gasteiger charge is -2.17. The van der Waals surface area contributed by atoms with E-state index in [1.54, 1.807) is 31.5 Å². The van der Waals surface area contributed by atoms with Crippen molar-refractivity contribution in [3.05, 3.63) is 46.9 Å². The lowest BCUT2D eigenvalue weighted by atomic mass is 10.1. The molecule has 21 heavy (non-hydrogen) atoms. The van der Waals surface area contributed by atoms with E-state index in [2.05, 4.69) is 0 Å². The van der Waals surface area contributed by atoms with Crippen LogP contribution >= 0.6 is 11.6 Å². The molecular formula is C15H16ClNO4. The van der Waals surface area contributed by atoms with Gasteiger partial charge in [-0.2, -0.15) is 0 Å². The first kappa shape index (κ1) is 15.3. The first-order valence-corrected chi connectivity index (χ1v) is 6.64. The normalized spacial score (nSPS) is 10.3. The van der Waals surface area contributed by atoms with Crippen molar-refractivity contribution >= 4 is 17.5 Å². The van der Waals surface area contributed by atoms with Crippen LogP contribution in [-0.2, 0) is 6.54 Å². The van der Waals surface area contributed by atoms with Gasteiger partial charge in [-0.25, -0.2) is 0 Å². The summed E-state index contributed by atoms with van der Waals surface area (Å²) < 4.78 is 15.6. The molecule has 0 aliphatic heterocycles. The highest BCUT2D eigenvalue weighted by Gasteiger charge is 2.18. The summed E-state index contributed by atoms with van der Waals surface area (Å²) in [6.45, 7) is 0.373. The highest BCUT2D eigenvalue weighted by atomic mass is 35.5. The first-order chi connectivity index (χ1) is 10.1. The monoisotopic (exact) mass is 309 g/mol. The number of halogens is 1. The van der Waals surface area contributed by atoms with Crippen molar-refractivity contribution in [1.82, 2.24) is 4.90 Å². The lowest BCUT2D eigenvalue weighted by molar-refractivity contribution is 0.0775. The largest absolute Gasteiger partial charge is 0.493 e. The standard InChI is InChI=1S/C15H16ClNO4/c1-17(9-11-5-4-6-21-11)15(18)10-7-12(16)14(20-3)13(8-10)19-2/h4-8H,9H2,1-3H3. The van der Waals surface area contributed by atoms with Gasteiger partial charge in [-0.05, 0) is 24.3 Å². The molecule has 0 spiro atoms. The number of carbonyl (C=O) groups is 1. The van der Waals surface area contributed by atoms with Crippen LogP contribution in [0.3, 0.4) is 0 Å². The maximum atomic E-state index is 12.4. The molecule has 112 valence electrons. The molecule has 0 atom stereocenters. The maximum Gasteiger partial charge on any atom is 0.254 e. The van der Waals surface area contributed by atoms with Gasteiger partial charge in [0.05, 0.1) is 32.1 Å². The minimum absolute atomic E-state index is 0.186. The van der Waals surface area contributed by atoms with Crippen LogP contribution in [0.1, 0.15) is 16.1 Å². The Bertz CT molecular complexity index is 625. The van der Waals surface area contributed by atoms with Crippen molar-refractivity contribution in [1.29, 1.82) is 0 Å². The Balaban J connectivity index is 2.24. The summed E-state index contributed by atoms with van der Waals surface area (Å²) in [5.74, 6) is 1.34. The van der Waals surface area contributed by atoms with Crippen molar-refractivity contribution in [3.63, 3.8) is 0 Å². The molecule has 0 bridgehead atoms. The number of ether oxygens (including phenoxy) is 2. The quantitative estimate of drug-likeness (QED) is 0.851. The van der Waals surface area contributed by atoms with E-state index in [9.17, 15) is 4.79 Å². The van der Waals surface area contributed by atoms with E-state index in [1.807, 2.05) is 6.07 Å². The van der Waals surface area contributed by atoms with Crippen LogP contribution in [0.25, 0.3) is 0 Å².